The van der Waals surface area contributed by atoms with Gasteiger partial charge in [-0.15, -0.1) is 0 Å². The van der Waals surface area contributed by atoms with Crippen LogP contribution >= 0.6 is 0 Å². The number of likely N-dealkylation sites (tertiary alicyclic amines) is 1. The van der Waals surface area contributed by atoms with E-state index < -0.39 is 23.6 Å². The number of urea groups is 1. The molecule has 2 atom stereocenters. The normalized spacial score (nSPS) is 22.0. The van der Waals surface area contributed by atoms with E-state index in [0.717, 1.165) is 38.5 Å². The molecular weight excluding hydrogens is 434 g/mol. The average molecular weight is 474 g/mol. The van der Waals surface area contributed by atoms with Gasteiger partial charge in [-0.3, -0.25) is 9.59 Å². The summed E-state index contributed by atoms with van der Waals surface area (Å²) in [5.41, 5.74) is -0.0516. The minimum absolute atomic E-state index is 0.00596. The number of nitrogens with one attached hydrogen (secondary N) is 2. The average Bonchev–Trinajstić information content (AvgIpc) is 2.92. The second-order valence-electron chi connectivity index (χ2n) is 10.3. The molecule has 1 heterocycles. The van der Waals surface area contributed by atoms with Crippen LogP contribution in [0.3, 0.4) is 0 Å². The number of anilines is 1. The molecule has 2 fully saturated rings. The highest BCUT2D eigenvalue weighted by Crippen LogP contribution is 2.34. The molecule has 1 aliphatic carbocycles. The number of nitrogens with zero attached hydrogens (tertiary/aromatic N) is 1. The molecule has 1 saturated heterocycles. The van der Waals surface area contributed by atoms with Gasteiger partial charge < -0.3 is 25.0 Å². The minimum atomic E-state index is -0.693. The van der Waals surface area contributed by atoms with E-state index in [0.29, 0.717) is 23.8 Å². The van der Waals surface area contributed by atoms with Crippen molar-refractivity contribution >= 4 is 23.6 Å². The fourth-order valence-electron chi connectivity index (χ4n) is 5.05. The van der Waals surface area contributed by atoms with E-state index in [1.165, 1.54) is 6.42 Å². The topological polar surface area (TPSA) is 97.0 Å². The number of amides is 3. The van der Waals surface area contributed by atoms with E-state index in [1.54, 1.807) is 36.3 Å². The van der Waals surface area contributed by atoms with Gasteiger partial charge in [-0.25, -0.2) is 4.79 Å². The Morgan fingerprint density at radius 3 is 2.47 bits per heavy atom. The van der Waals surface area contributed by atoms with Crippen molar-refractivity contribution in [2.45, 2.75) is 89.8 Å². The number of carbonyl (C=O) groups excluding carboxylic acids is 3. The van der Waals surface area contributed by atoms with Crippen LogP contribution in [-0.4, -0.2) is 54.1 Å². The summed E-state index contributed by atoms with van der Waals surface area (Å²) in [7, 11) is 1.56. The smallest absolute Gasteiger partial charge is 0.326 e. The molecule has 3 rings (SSSR count). The van der Waals surface area contributed by atoms with Crippen molar-refractivity contribution in [3.63, 3.8) is 0 Å². The third-order valence-corrected chi connectivity index (χ3v) is 6.52. The number of methoxy groups -OCH3 is 1. The van der Waals surface area contributed by atoms with Crippen molar-refractivity contribution in [2.24, 2.45) is 5.92 Å². The molecule has 1 aromatic rings. The van der Waals surface area contributed by atoms with Crippen molar-refractivity contribution in [2.75, 3.05) is 19.0 Å². The van der Waals surface area contributed by atoms with E-state index in [1.807, 2.05) is 20.8 Å². The molecule has 3 amide bonds. The van der Waals surface area contributed by atoms with Gasteiger partial charge in [0.1, 0.15) is 23.9 Å². The molecule has 0 bridgehead atoms. The van der Waals surface area contributed by atoms with Crippen LogP contribution in [-0.2, 0) is 14.3 Å². The van der Waals surface area contributed by atoms with Gasteiger partial charge in [0.15, 0.2) is 0 Å². The number of hydrogen-bond donors (Lipinski definition) is 2. The Bertz CT molecular complexity index is 860. The van der Waals surface area contributed by atoms with Crippen molar-refractivity contribution in [1.29, 1.82) is 0 Å². The first kappa shape index (κ1) is 25.8. The van der Waals surface area contributed by atoms with Crippen LogP contribution in [0.25, 0.3) is 0 Å². The van der Waals surface area contributed by atoms with Gasteiger partial charge >= 0.3 is 12.0 Å². The van der Waals surface area contributed by atoms with Gasteiger partial charge in [0.05, 0.1) is 7.11 Å². The maximum absolute atomic E-state index is 13.6. The van der Waals surface area contributed by atoms with Crippen LogP contribution in [0.15, 0.2) is 24.3 Å². The first-order chi connectivity index (χ1) is 16.2. The van der Waals surface area contributed by atoms with Gasteiger partial charge in [0, 0.05) is 17.8 Å². The fourth-order valence-corrected chi connectivity index (χ4v) is 5.05. The zero-order valence-corrected chi connectivity index (χ0v) is 20.9. The zero-order valence-electron chi connectivity index (χ0n) is 20.9. The molecule has 8 nitrogen and oxygen atoms in total. The summed E-state index contributed by atoms with van der Waals surface area (Å²) in [6.45, 7) is 5.37. The van der Waals surface area contributed by atoms with E-state index in [4.69, 9.17) is 9.47 Å². The summed E-state index contributed by atoms with van der Waals surface area (Å²) in [5, 5.41) is 5.61. The number of esters is 1. The molecule has 188 valence electrons. The van der Waals surface area contributed by atoms with E-state index in [9.17, 15) is 14.4 Å². The number of rotatable bonds is 6. The lowest BCUT2D eigenvalue weighted by Gasteiger charge is -2.38. The fraction of sp³-hybridized carbons (Fsp3) is 0.654. The summed E-state index contributed by atoms with van der Waals surface area (Å²) in [6.07, 6.45) is 7.84. The quantitative estimate of drug-likeness (QED) is 0.594. The molecule has 0 radical (unpaired) electrons. The van der Waals surface area contributed by atoms with E-state index >= 15 is 0 Å². The maximum Gasteiger partial charge on any atom is 0.326 e. The van der Waals surface area contributed by atoms with E-state index in [2.05, 4.69) is 10.6 Å². The molecular formula is C26H39N3O5. The van der Waals surface area contributed by atoms with Gasteiger partial charge in [-0.2, -0.15) is 0 Å². The molecule has 1 saturated carbocycles. The Morgan fingerprint density at radius 2 is 1.79 bits per heavy atom. The van der Waals surface area contributed by atoms with Crippen LogP contribution < -0.4 is 15.4 Å². The van der Waals surface area contributed by atoms with Crippen LogP contribution in [0.4, 0.5) is 10.5 Å². The van der Waals surface area contributed by atoms with Crippen LogP contribution in [0.1, 0.15) is 72.1 Å². The second-order valence-corrected chi connectivity index (χ2v) is 10.3. The van der Waals surface area contributed by atoms with Crippen LogP contribution in [0, 0.1) is 5.92 Å². The van der Waals surface area contributed by atoms with Crippen LogP contribution in [0.2, 0.25) is 0 Å². The van der Waals surface area contributed by atoms with Gasteiger partial charge in [0.2, 0.25) is 5.91 Å². The number of ether oxygens (including phenoxy) is 2. The Morgan fingerprint density at radius 1 is 1.06 bits per heavy atom. The lowest BCUT2D eigenvalue weighted by molar-refractivity contribution is -0.161. The molecule has 2 aliphatic rings. The number of hydrogen-bond acceptors (Lipinski definition) is 5. The first-order valence-corrected chi connectivity index (χ1v) is 12.4. The van der Waals surface area contributed by atoms with Gasteiger partial charge in [0.25, 0.3) is 0 Å². The molecule has 2 N–H and O–H groups in total. The van der Waals surface area contributed by atoms with Crippen molar-refractivity contribution in [3.8, 4) is 5.75 Å². The highest BCUT2D eigenvalue weighted by atomic mass is 16.6. The summed E-state index contributed by atoms with van der Waals surface area (Å²) in [6, 6.07) is 5.88. The van der Waals surface area contributed by atoms with E-state index in [-0.39, 0.29) is 18.5 Å². The van der Waals surface area contributed by atoms with Crippen molar-refractivity contribution in [1.82, 2.24) is 10.2 Å². The molecule has 2 unspecified atom stereocenters. The molecule has 1 aliphatic heterocycles. The summed E-state index contributed by atoms with van der Waals surface area (Å²) in [4.78, 5) is 40.8. The zero-order chi connectivity index (χ0) is 24.7. The molecule has 0 aromatic heterocycles. The highest BCUT2D eigenvalue weighted by Gasteiger charge is 2.39. The highest BCUT2D eigenvalue weighted by molar-refractivity contribution is 5.94. The summed E-state index contributed by atoms with van der Waals surface area (Å²) < 4.78 is 10.7. The molecule has 1 aromatic carbocycles. The first-order valence-electron chi connectivity index (χ1n) is 12.4. The third kappa shape index (κ3) is 7.37. The Balaban J connectivity index is 1.73. The van der Waals surface area contributed by atoms with Crippen molar-refractivity contribution in [3.05, 3.63) is 24.3 Å². The Labute approximate surface area is 202 Å². The second kappa shape index (κ2) is 11.6. The monoisotopic (exact) mass is 473 g/mol. The molecule has 8 heteroatoms. The molecule has 34 heavy (non-hydrogen) atoms. The lowest BCUT2D eigenvalue weighted by Crippen LogP contribution is -2.54. The minimum Gasteiger partial charge on any atom is -0.497 e. The van der Waals surface area contributed by atoms with Gasteiger partial charge in [-0.1, -0.05) is 25.3 Å². The SMILES string of the molecule is COc1cccc(NC(=O)NC2CCCC(C3CCCCC3)N(CC(=O)OC(C)(C)C)C2=O)c1. The summed E-state index contributed by atoms with van der Waals surface area (Å²) in [5.74, 6) is 0.384. The largest absolute Gasteiger partial charge is 0.497 e. The third-order valence-electron chi connectivity index (χ3n) is 6.52. The van der Waals surface area contributed by atoms with Gasteiger partial charge in [-0.05, 0) is 70.9 Å². The van der Waals surface area contributed by atoms with Crippen molar-refractivity contribution < 1.29 is 23.9 Å². The summed E-state index contributed by atoms with van der Waals surface area (Å²) >= 11 is 0. The predicted molar refractivity (Wildman–Crippen MR) is 131 cm³/mol. The Kier molecular flexibility index (Phi) is 8.80. The molecule has 0 spiro atoms. The number of benzene rings is 1. The lowest BCUT2D eigenvalue weighted by atomic mass is 9.81. The predicted octanol–water partition coefficient (Wildman–Crippen LogP) is 4.49. The Hall–Kier alpha value is -2.77. The standard InChI is InChI=1S/C26H39N3O5/c1-26(2,3)34-23(30)17-29-22(18-10-6-5-7-11-18)15-9-14-21(24(29)31)28-25(32)27-19-12-8-13-20(16-19)33-4/h8,12-13,16,18,21-22H,5-7,9-11,14-15,17H2,1-4H3,(H2,27,28,32). The maximum atomic E-state index is 13.6. The number of carbonyl (C=O) groups is 3. The van der Waals surface area contributed by atoms with Crippen LogP contribution in [0.5, 0.6) is 5.75 Å².